The van der Waals surface area contributed by atoms with Gasteiger partial charge in [0, 0.05) is 24.3 Å². The highest BCUT2D eigenvalue weighted by Crippen LogP contribution is 2.23. The quantitative estimate of drug-likeness (QED) is 0.556. The van der Waals surface area contributed by atoms with E-state index in [9.17, 15) is 9.59 Å². The van der Waals surface area contributed by atoms with Gasteiger partial charge in [-0.05, 0) is 36.2 Å². The second-order valence-electron chi connectivity index (χ2n) is 7.29. The van der Waals surface area contributed by atoms with E-state index in [-0.39, 0.29) is 17.6 Å². The number of para-hydroxylation sites is 1. The number of amides is 2. The van der Waals surface area contributed by atoms with E-state index in [0.29, 0.717) is 42.7 Å². The van der Waals surface area contributed by atoms with Gasteiger partial charge in [-0.15, -0.1) is 10.2 Å². The van der Waals surface area contributed by atoms with Gasteiger partial charge in [-0.1, -0.05) is 43.0 Å². The minimum Gasteiger partial charge on any atom is -0.378 e. The number of aryl methyl sites for hydroxylation is 1. The lowest BCUT2D eigenvalue weighted by Gasteiger charge is -2.27. The van der Waals surface area contributed by atoms with Crippen molar-refractivity contribution >= 4 is 29.3 Å². The van der Waals surface area contributed by atoms with E-state index in [1.807, 2.05) is 22.8 Å². The molecular weight excluding hydrogens is 426 g/mol. The van der Waals surface area contributed by atoms with Gasteiger partial charge in [0.2, 0.25) is 5.91 Å². The highest BCUT2D eigenvalue weighted by atomic mass is 32.2. The Morgan fingerprint density at radius 3 is 2.75 bits per heavy atom. The molecule has 2 amide bonds. The predicted molar refractivity (Wildman–Crippen MR) is 123 cm³/mol. The minimum atomic E-state index is -0.177. The summed E-state index contributed by atoms with van der Waals surface area (Å²) in [5.74, 6) is -0.0556. The van der Waals surface area contributed by atoms with Crippen LogP contribution in [-0.4, -0.2) is 63.5 Å². The van der Waals surface area contributed by atoms with Crippen LogP contribution in [0.4, 0.5) is 5.69 Å². The molecule has 0 aliphatic carbocycles. The molecule has 166 valence electrons. The van der Waals surface area contributed by atoms with Gasteiger partial charge >= 0.3 is 0 Å². The minimum absolute atomic E-state index is 0.0542. The monoisotopic (exact) mass is 451 g/mol. The van der Waals surface area contributed by atoms with Crippen molar-refractivity contribution in [2.45, 2.75) is 18.5 Å². The van der Waals surface area contributed by atoms with Crippen LogP contribution < -0.4 is 5.32 Å². The molecule has 3 aromatic rings. The van der Waals surface area contributed by atoms with Crippen molar-refractivity contribution in [1.29, 1.82) is 0 Å². The van der Waals surface area contributed by atoms with Crippen LogP contribution in [0.1, 0.15) is 22.8 Å². The fourth-order valence-corrected chi connectivity index (χ4v) is 4.26. The molecule has 32 heavy (non-hydrogen) atoms. The lowest BCUT2D eigenvalue weighted by molar-refractivity contribution is -0.113. The third-order valence-corrected chi connectivity index (χ3v) is 6.12. The molecule has 2 heterocycles. The smallest absolute Gasteiger partial charge is 0.254 e. The number of aromatic nitrogens is 3. The summed E-state index contributed by atoms with van der Waals surface area (Å²) in [6.07, 6.45) is 2.55. The van der Waals surface area contributed by atoms with Gasteiger partial charge in [-0.3, -0.25) is 14.2 Å². The summed E-state index contributed by atoms with van der Waals surface area (Å²) in [7, 11) is 0. The van der Waals surface area contributed by atoms with Crippen LogP contribution >= 0.6 is 11.8 Å². The molecule has 0 atom stereocenters. The van der Waals surface area contributed by atoms with Crippen molar-refractivity contribution in [3.8, 4) is 5.69 Å². The normalized spacial score (nSPS) is 13.7. The molecule has 1 fully saturated rings. The SMILES string of the molecule is CCc1ccccc1-n1cnnc1SCC(=O)Nc1cccc(C(=O)N2CCOCC2)c1. The Labute approximate surface area is 191 Å². The van der Waals surface area contributed by atoms with Crippen molar-refractivity contribution in [2.75, 3.05) is 37.4 Å². The van der Waals surface area contributed by atoms with Crippen LogP contribution in [0, 0.1) is 0 Å². The predicted octanol–water partition coefficient (Wildman–Crippen LogP) is 3.03. The molecule has 0 radical (unpaired) electrons. The molecule has 1 saturated heterocycles. The van der Waals surface area contributed by atoms with Crippen LogP contribution in [-0.2, 0) is 16.0 Å². The van der Waals surface area contributed by atoms with Gasteiger partial charge in [0.1, 0.15) is 6.33 Å². The third-order valence-electron chi connectivity index (χ3n) is 5.17. The first-order chi connectivity index (χ1) is 15.7. The maximum Gasteiger partial charge on any atom is 0.254 e. The number of carbonyl (C=O) groups excluding carboxylic acids is 2. The Morgan fingerprint density at radius 1 is 1.12 bits per heavy atom. The summed E-state index contributed by atoms with van der Waals surface area (Å²) in [6, 6.07) is 15.1. The summed E-state index contributed by atoms with van der Waals surface area (Å²) in [4.78, 5) is 27.0. The molecule has 0 unspecified atom stereocenters. The highest BCUT2D eigenvalue weighted by molar-refractivity contribution is 7.99. The molecule has 2 aromatic carbocycles. The maximum atomic E-state index is 12.7. The Morgan fingerprint density at radius 2 is 1.94 bits per heavy atom. The molecule has 4 rings (SSSR count). The Kier molecular flexibility index (Phi) is 7.18. The van der Waals surface area contributed by atoms with Crippen LogP contribution in [0.3, 0.4) is 0 Å². The van der Waals surface area contributed by atoms with Gasteiger partial charge in [0.25, 0.3) is 5.91 Å². The largest absolute Gasteiger partial charge is 0.378 e. The van der Waals surface area contributed by atoms with Gasteiger partial charge in [0.15, 0.2) is 5.16 Å². The molecule has 1 N–H and O–H groups in total. The second kappa shape index (κ2) is 10.4. The number of thioether (sulfide) groups is 1. The van der Waals surface area contributed by atoms with Gasteiger partial charge in [0.05, 0.1) is 24.7 Å². The molecular formula is C23H25N5O3S. The Bertz CT molecular complexity index is 1090. The average Bonchev–Trinajstić information content (AvgIpc) is 3.31. The lowest BCUT2D eigenvalue weighted by Crippen LogP contribution is -2.40. The number of ether oxygens (including phenoxy) is 1. The molecule has 0 saturated carbocycles. The van der Waals surface area contributed by atoms with Crippen molar-refractivity contribution in [3.63, 3.8) is 0 Å². The first-order valence-electron chi connectivity index (χ1n) is 10.5. The average molecular weight is 452 g/mol. The number of morpholine rings is 1. The van der Waals surface area contributed by atoms with Crippen molar-refractivity contribution in [2.24, 2.45) is 0 Å². The summed E-state index contributed by atoms with van der Waals surface area (Å²) in [6.45, 7) is 4.35. The number of anilines is 1. The van der Waals surface area contributed by atoms with Crippen LogP contribution in [0.2, 0.25) is 0 Å². The van der Waals surface area contributed by atoms with E-state index in [1.54, 1.807) is 35.5 Å². The number of nitrogens with zero attached hydrogens (tertiary/aromatic N) is 4. The molecule has 1 aliphatic rings. The van der Waals surface area contributed by atoms with Crippen molar-refractivity contribution in [3.05, 3.63) is 66.0 Å². The van der Waals surface area contributed by atoms with E-state index < -0.39 is 0 Å². The van der Waals surface area contributed by atoms with E-state index in [4.69, 9.17) is 4.74 Å². The molecule has 0 bridgehead atoms. The number of nitrogens with one attached hydrogen (secondary N) is 1. The first-order valence-corrected chi connectivity index (χ1v) is 11.5. The summed E-state index contributed by atoms with van der Waals surface area (Å²) in [5.41, 5.74) is 3.33. The molecule has 8 nitrogen and oxygen atoms in total. The summed E-state index contributed by atoms with van der Waals surface area (Å²) < 4.78 is 7.21. The lowest BCUT2D eigenvalue weighted by atomic mass is 10.1. The maximum absolute atomic E-state index is 12.7. The fourth-order valence-electron chi connectivity index (χ4n) is 3.54. The van der Waals surface area contributed by atoms with E-state index in [1.165, 1.54) is 17.3 Å². The fraction of sp³-hybridized carbons (Fsp3) is 0.304. The zero-order valence-electron chi connectivity index (χ0n) is 17.9. The van der Waals surface area contributed by atoms with Gasteiger partial charge < -0.3 is 15.0 Å². The zero-order chi connectivity index (χ0) is 22.3. The van der Waals surface area contributed by atoms with Gasteiger partial charge in [-0.2, -0.15) is 0 Å². The Hall–Kier alpha value is -3.17. The summed E-state index contributed by atoms with van der Waals surface area (Å²) >= 11 is 1.32. The number of rotatable bonds is 7. The number of hydrogen-bond acceptors (Lipinski definition) is 6. The molecule has 1 aliphatic heterocycles. The molecule has 9 heteroatoms. The van der Waals surface area contributed by atoms with Gasteiger partial charge in [-0.25, -0.2) is 0 Å². The molecule has 1 aromatic heterocycles. The topological polar surface area (TPSA) is 89.3 Å². The third kappa shape index (κ3) is 5.17. The molecule has 0 spiro atoms. The van der Waals surface area contributed by atoms with Crippen molar-refractivity contribution in [1.82, 2.24) is 19.7 Å². The number of hydrogen-bond donors (Lipinski definition) is 1. The van der Waals surface area contributed by atoms with E-state index >= 15 is 0 Å². The number of benzene rings is 2. The first kappa shape index (κ1) is 22.0. The summed E-state index contributed by atoms with van der Waals surface area (Å²) in [5, 5.41) is 11.7. The zero-order valence-corrected chi connectivity index (χ0v) is 18.7. The standard InChI is InChI=1S/C23H25N5O3S/c1-2-17-6-3-4-9-20(17)28-16-24-26-23(28)32-15-21(29)25-19-8-5-7-18(14-19)22(30)27-10-12-31-13-11-27/h3-9,14,16H,2,10-13,15H2,1H3,(H,25,29). The van der Waals surface area contributed by atoms with Crippen molar-refractivity contribution < 1.29 is 14.3 Å². The number of carbonyl (C=O) groups is 2. The van der Waals surface area contributed by atoms with Crippen LogP contribution in [0.25, 0.3) is 5.69 Å². The highest BCUT2D eigenvalue weighted by Gasteiger charge is 2.19. The van der Waals surface area contributed by atoms with Crippen LogP contribution in [0.5, 0.6) is 0 Å². The second-order valence-corrected chi connectivity index (χ2v) is 8.23. The van der Waals surface area contributed by atoms with Crippen LogP contribution in [0.15, 0.2) is 60.0 Å². The van der Waals surface area contributed by atoms with E-state index in [2.05, 4.69) is 28.5 Å². The van der Waals surface area contributed by atoms with E-state index in [0.717, 1.165) is 12.1 Å². The Balaban J connectivity index is 1.38.